The summed E-state index contributed by atoms with van der Waals surface area (Å²) in [6.07, 6.45) is 0. The Labute approximate surface area is 125 Å². The number of benzene rings is 1. The van der Waals surface area contributed by atoms with Gasteiger partial charge in [-0.1, -0.05) is 44.2 Å². The van der Waals surface area contributed by atoms with Gasteiger partial charge in [0.25, 0.3) is 0 Å². The molecule has 2 aromatic rings. The highest BCUT2D eigenvalue weighted by atomic mass is 32.1. The molecule has 0 aliphatic heterocycles. The molecule has 1 unspecified atom stereocenters. The van der Waals surface area contributed by atoms with Crippen LogP contribution in [0.2, 0.25) is 0 Å². The molecule has 20 heavy (non-hydrogen) atoms. The van der Waals surface area contributed by atoms with E-state index in [0.29, 0.717) is 12.0 Å². The van der Waals surface area contributed by atoms with E-state index in [0.717, 1.165) is 13.2 Å². The van der Waals surface area contributed by atoms with Gasteiger partial charge in [0.2, 0.25) is 0 Å². The minimum absolute atomic E-state index is 0.405. The quantitative estimate of drug-likeness (QED) is 0.826. The SMILES string of the molecule is COCC(NCc1cc(-c2ccccc2)cs1)C(C)C. The van der Waals surface area contributed by atoms with E-state index in [4.69, 9.17) is 4.74 Å². The van der Waals surface area contributed by atoms with Crippen LogP contribution in [0, 0.1) is 5.92 Å². The third-order valence-corrected chi connectivity index (χ3v) is 4.39. The molecule has 2 rings (SSSR count). The Kier molecular flexibility index (Phi) is 5.77. The van der Waals surface area contributed by atoms with E-state index in [1.807, 2.05) is 11.3 Å². The van der Waals surface area contributed by atoms with E-state index in [2.05, 4.69) is 60.9 Å². The largest absolute Gasteiger partial charge is 0.383 e. The van der Waals surface area contributed by atoms with E-state index in [1.165, 1.54) is 16.0 Å². The van der Waals surface area contributed by atoms with Crippen molar-refractivity contribution >= 4 is 11.3 Å². The van der Waals surface area contributed by atoms with Crippen molar-refractivity contribution in [2.24, 2.45) is 5.92 Å². The van der Waals surface area contributed by atoms with Crippen molar-refractivity contribution in [1.29, 1.82) is 0 Å². The van der Waals surface area contributed by atoms with E-state index in [-0.39, 0.29) is 0 Å². The second kappa shape index (κ2) is 7.58. The van der Waals surface area contributed by atoms with Gasteiger partial charge in [-0.3, -0.25) is 0 Å². The van der Waals surface area contributed by atoms with Gasteiger partial charge in [0.15, 0.2) is 0 Å². The van der Waals surface area contributed by atoms with Crippen molar-refractivity contribution in [2.75, 3.05) is 13.7 Å². The molecule has 108 valence electrons. The van der Waals surface area contributed by atoms with Crippen LogP contribution < -0.4 is 5.32 Å². The standard InChI is InChI=1S/C17H23NOS/c1-13(2)17(11-19-3)18-10-16-9-15(12-20-16)14-7-5-4-6-8-14/h4-9,12-13,17-18H,10-11H2,1-3H3. The molecule has 0 saturated carbocycles. The molecule has 1 atom stereocenters. The zero-order valence-electron chi connectivity index (χ0n) is 12.4. The predicted octanol–water partition coefficient (Wildman–Crippen LogP) is 4.18. The average molecular weight is 289 g/mol. The van der Waals surface area contributed by atoms with Crippen LogP contribution in [0.25, 0.3) is 11.1 Å². The predicted molar refractivity (Wildman–Crippen MR) is 87.1 cm³/mol. The molecule has 0 radical (unpaired) electrons. The Morgan fingerprint density at radius 3 is 2.55 bits per heavy atom. The van der Waals surface area contributed by atoms with E-state index < -0.39 is 0 Å². The summed E-state index contributed by atoms with van der Waals surface area (Å²) in [5.74, 6) is 0.573. The first-order valence-corrected chi connectivity index (χ1v) is 7.94. The summed E-state index contributed by atoms with van der Waals surface area (Å²) in [4.78, 5) is 1.37. The van der Waals surface area contributed by atoms with Crippen LogP contribution >= 0.6 is 11.3 Å². The van der Waals surface area contributed by atoms with Crippen molar-refractivity contribution in [1.82, 2.24) is 5.32 Å². The van der Waals surface area contributed by atoms with Crippen molar-refractivity contribution < 1.29 is 4.74 Å². The van der Waals surface area contributed by atoms with Gasteiger partial charge in [-0.15, -0.1) is 11.3 Å². The number of methoxy groups -OCH3 is 1. The van der Waals surface area contributed by atoms with Gasteiger partial charge >= 0.3 is 0 Å². The van der Waals surface area contributed by atoms with Crippen LogP contribution in [0.4, 0.5) is 0 Å². The zero-order valence-corrected chi connectivity index (χ0v) is 13.2. The highest BCUT2D eigenvalue weighted by Gasteiger charge is 2.12. The Morgan fingerprint density at radius 1 is 1.15 bits per heavy atom. The van der Waals surface area contributed by atoms with Crippen LogP contribution in [0.3, 0.4) is 0 Å². The first-order chi connectivity index (χ1) is 9.70. The molecule has 0 aliphatic carbocycles. The third kappa shape index (κ3) is 4.17. The number of hydrogen-bond acceptors (Lipinski definition) is 3. The van der Waals surface area contributed by atoms with Crippen molar-refractivity contribution in [3.05, 3.63) is 46.7 Å². The van der Waals surface area contributed by atoms with Crippen LogP contribution in [0.15, 0.2) is 41.8 Å². The average Bonchev–Trinajstić information content (AvgIpc) is 2.93. The van der Waals surface area contributed by atoms with Gasteiger partial charge in [0, 0.05) is 24.6 Å². The van der Waals surface area contributed by atoms with Crippen LogP contribution in [0.5, 0.6) is 0 Å². The number of rotatable bonds is 7. The molecule has 1 heterocycles. The van der Waals surface area contributed by atoms with Gasteiger partial charge in [-0.25, -0.2) is 0 Å². The van der Waals surface area contributed by atoms with Gasteiger partial charge in [-0.05, 0) is 28.5 Å². The first-order valence-electron chi connectivity index (χ1n) is 7.06. The van der Waals surface area contributed by atoms with Gasteiger partial charge in [-0.2, -0.15) is 0 Å². The minimum atomic E-state index is 0.405. The van der Waals surface area contributed by atoms with Gasteiger partial charge in [0.05, 0.1) is 6.61 Å². The molecule has 2 nitrogen and oxygen atoms in total. The fourth-order valence-electron chi connectivity index (χ4n) is 2.15. The van der Waals surface area contributed by atoms with Crippen molar-refractivity contribution in [3.8, 4) is 11.1 Å². The number of nitrogens with one attached hydrogen (secondary N) is 1. The molecular formula is C17H23NOS. The highest BCUT2D eigenvalue weighted by Crippen LogP contribution is 2.25. The Hall–Kier alpha value is -1.16. The number of hydrogen-bond donors (Lipinski definition) is 1. The normalized spacial score (nSPS) is 12.8. The Balaban J connectivity index is 1.96. The summed E-state index contributed by atoms with van der Waals surface area (Å²) in [6, 6.07) is 13.2. The zero-order chi connectivity index (χ0) is 14.4. The Morgan fingerprint density at radius 2 is 1.90 bits per heavy atom. The lowest BCUT2D eigenvalue weighted by Crippen LogP contribution is -2.37. The maximum absolute atomic E-state index is 5.27. The summed E-state index contributed by atoms with van der Waals surface area (Å²) in [5, 5.41) is 5.82. The molecule has 0 aliphatic rings. The lowest BCUT2D eigenvalue weighted by molar-refractivity contribution is 0.146. The summed E-state index contributed by atoms with van der Waals surface area (Å²) in [6.45, 7) is 6.11. The second-order valence-corrected chi connectivity index (χ2v) is 6.35. The lowest BCUT2D eigenvalue weighted by atomic mass is 10.1. The maximum atomic E-state index is 5.27. The summed E-state index contributed by atoms with van der Waals surface area (Å²) in [5.41, 5.74) is 2.59. The molecule has 3 heteroatoms. The first kappa shape index (κ1) is 15.2. The van der Waals surface area contributed by atoms with Crippen LogP contribution in [-0.4, -0.2) is 19.8 Å². The molecule has 0 bridgehead atoms. The fraction of sp³-hybridized carbons (Fsp3) is 0.412. The molecule has 0 spiro atoms. The summed E-state index contributed by atoms with van der Waals surface area (Å²) >= 11 is 1.81. The number of ether oxygens (including phenoxy) is 1. The van der Waals surface area contributed by atoms with E-state index in [1.54, 1.807) is 7.11 Å². The summed E-state index contributed by atoms with van der Waals surface area (Å²) in [7, 11) is 1.76. The monoisotopic (exact) mass is 289 g/mol. The highest BCUT2D eigenvalue weighted by molar-refractivity contribution is 7.10. The van der Waals surface area contributed by atoms with Crippen LogP contribution in [-0.2, 0) is 11.3 Å². The Bertz CT molecular complexity index is 507. The smallest absolute Gasteiger partial charge is 0.0618 e. The topological polar surface area (TPSA) is 21.3 Å². The van der Waals surface area contributed by atoms with E-state index in [9.17, 15) is 0 Å². The van der Waals surface area contributed by atoms with Crippen LogP contribution in [0.1, 0.15) is 18.7 Å². The fourth-order valence-corrected chi connectivity index (χ4v) is 3.00. The van der Waals surface area contributed by atoms with Gasteiger partial charge < -0.3 is 10.1 Å². The molecule has 0 amide bonds. The summed E-state index contributed by atoms with van der Waals surface area (Å²) < 4.78 is 5.27. The second-order valence-electron chi connectivity index (χ2n) is 5.35. The molecule has 1 aromatic carbocycles. The molecular weight excluding hydrogens is 266 g/mol. The maximum Gasteiger partial charge on any atom is 0.0618 e. The number of thiophene rings is 1. The molecule has 1 aromatic heterocycles. The van der Waals surface area contributed by atoms with Crippen molar-refractivity contribution in [3.63, 3.8) is 0 Å². The molecule has 1 N–H and O–H groups in total. The lowest BCUT2D eigenvalue weighted by Gasteiger charge is -2.21. The van der Waals surface area contributed by atoms with E-state index >= 15 is 0 Å². The molecule has 0 saturated heterocycles. The molecule has 0 fully saturated rings. The third-order valence-electron chi connectivity index (χ3n) is 3.45. The minimum Gasteiger partial charge on any atom is -0.383 e. The van der Waals surface area contributed by atoms with Crippen molar-refractivity contribution in [2.45, 2.75) is 26.4 Å². The van der Waals surface area contributed by atoms with Gasteiger partial charge in [0.1, 0.15) is 0 Å².